The number of hydrogen-bond acceptors (Lipinski definition) is 2. The standard InChI is InChI=1S/C23H23BrO2/c24-21(17-10-4-1-5-11-17)20-16-23(22(25)26-20,18-12-6-2-7-13-18)19-14-8-3-9-15-19/h2-3,6-9,12-15,20H,1,4-5,10-11,16H2. The molecule has 1 atom stereocenters. The molecular weight excluding hydrogens is 388 g/mol. The quantitative estimate of drug-likeness (QED) is 0.588. The maximum Gasteiger partial charge on any atom is 0.321 e. The lowest BCUT2D eigenvalue weighted by Gasteiger charge is -2.26. The van der Waals surface area contributed by atoms with Gasteiger partial charge in [0.15, 0.2) is 0 Å². The smallest absolute Gasteiger partial charge is 0.321 e. The molecule has 1 heterocycles. The fourth-order valence-corrected chi connectivity index (χ4v) is 4.95. The van der Waals surface area contributed by atoms with E-state index in [-0.39, 0.29) is 12.1 Å². The van der Waals surface area contributed by atoms with Crippen LogP contribution in [0.15, 0.2) is 70.7 Å². The van der Waals surface area contributed by atoms with Crippen LogP contribution in [-0.2, 0) is 14.9 Å². The minimum atomic E-state index is -0.735. The summed E-state index contributed by atoms with van der Waals surface area (Å²) < 4.78 is 7.05. The van der Waals surface area contributed by atoms with Crippen LogP contribution in [0.25, 0.3) is 0 Å². The van der Waals surface area contributed by atoms with E-state index < -0.39 is 5.41 Å². The van der Waals surface area contributed by atoms with Crippen molar-refractivity contribution in [2.24, 2.45) is 0 Å². The van der Waals surface area contributed by atoms with Gasteiger partial charge in [0, 0.05) is 10.9 Å². The lowest BCUT2D eigenvalue weighted by atomic mass is 9.72. The van der Waals surface area contributed by atoms with Crippen molar-refractivity contribution >= 4 is 21.9 Å². The predicted molar refractivity (Wildman–Crippen MR) is 107 cm³/mol. The fourth-order valence-electron chi connectivity index (χ4n) is 4.30. The maximum atomic E-state index is 13.2. The van der Waals surface area contributed by atoms with Gasteiger partial charge in [-0.25, -0.2) is 0 Å². The molecule has 2 aromatic rings. The SMILES string of the molecule is O=C1OC(C(Br)=C2CCCCC2)CC1(c1ccccc1)c1ccccc1. The highest BCUT2D eigenvalue weighted by Crippen LogP contribution is 2.47. The zero-order chi connectivity index (χ0) is 18.0. The Labute approximate surface area is 163 Å². The number of carbonyl (C=O) groups is 1. The second-order valence-corrected chi connectivity index (χ2v) is 8.10. The fraction of sp³-hybridized carbons (Fsp3) is 0.348. The summed E-state index contributed by atoms with van der Waals surface area (Å²) in [4.78, 5) is 13.2. The highest BCUT2D eigenvalue weighted by atomic mass is 79.9. The summed E-state index contributed by atoms with van der Waals surface area (Å²) in [5.41, 5.74) is 2.70. The number of rotatable bonds is 3. The summed E-state index contributed by atoms with van der Waals surface area (Å²) in [6.07, 6.45) is 6.42. The Morgan fingerprint density at radius 3 is 1.96 bits per heavy atom. The number of allylic oxidation sites excluding steroid dienone is 1. The first-order valence-electron chi connectivity index (χ1n) is 9.41. The Balaban J connectivity index is 1.77. The highest BCUT2D eigenvalue weighted by Gasteiger charge is 2.52. The summed E-state index contributed by atoms with van der Waals surface area (Å²) in [5.74, 6) is -0.145. The van der Waals surface area contributed by atoms with Gasteiger partial charge < -0.3 is 4.74 Å². The number of cyclic esters (lactones) is 1. The first kappa shape index (κ1) is 17.5. The first-order chi connectivity index (χ1) is 12.7. The lowest BCUT2D eigenvalue weighted by molar-refractivity contribution is -0.143. The van der Waals surface area contributed by atoms with Gasteiger partial charge in [0.2, 0.25) is 0 Å². The molecule has 1 saturated heterocycles. The largest absolute Gasteiger partial charge is 0.456 e. The first-order valence-corrected chi connectivity index (χ1v) is 10.2. The molecule has 3 heteroatoms. The van der Waals surface area contributed by atoms with Crippen LogP contribution >= 0.6 is 15.9 Å². The van der Waals surface area contributed by atoms with E-state index in [2.05, 4.69) is 15.9 Å². The van der Waals surface area contributed by atoms with Gasteiger partial charge in [0.1, 0.15) is 11.5 Å². The second-order valence-electron chi connectivity index (χ2n) is 7.25. The monoisotopic (exact) mass is 410 g/mol. The van der Waals surface area contributed by atoms with Crippen LogP contribution in [-0.4, -0.2) is 12.1 Å². The molecule has 134 valence electrons. The van der Waals surface area contributed by atoms with E-state index in [4.69, 9.17) is 4.74 Å². The second kappa shape index (κ2) is 7.40. The van der Waals surface area contributed by atoms with Gasteiger partial charge in [-0.2, -0.15) is 0 Å². The van der Waals surface area contributed by atoms with Gasteiger partial charge in [-0.15, -0.1) is 0 Å². The lowest BCUT2D eigenvalue weighted by Crippen LogP contribution is -2.33. The third kappa shape index (κ3) is 3.03. The molecule has 0 amide bonds. The van der Waals surface area contributed by atoms with E-state index in [0.717, 1.165) is 28.5 Å². The molecule has 0 aromatic heterocycles. The van der Waals surface area contributed by atoms with Crippen LogP contribution in [0.3, 0.4) is 0 Å². The third-order valence-electron chi connectivity index (χ3n) is 5.70. The molecule has 4 rings (SSSR count). The normalized spacial score (nSPS) is 22.1. The van der Waals surface area contributed by atoms with E-state index in [0.29, 0.717) is 6.42 Å². The van der Waals surface area contributed by atoms with E-state index in [1.54, 1.807) is 0 Å². The number of halogens is 1. The van der Waals surface area contributed by atoms with Gasteiger partial charge in [0.25, 0.3) is 0 Å². The van der Waals surface area contributed by atoms with Crippen molar-refractivity contribution in [3.63, 3.8) is 0 Å². The van der Waals surface area contributed by atoms with Crippen molar-refractivity contribution in [3.05, 3.63) is 81.8 Å². The summed E-state index contributed by atoms with van der Waals surface area (Å²) in [6, 6.07) is 20.1. The van der Waals surface area contributed by atoms with E-state index >= 15 is 0 Å². The summed E-state index contributed by atoms with van der Waals surface area (Å²) in [7, 11) is 0. The molecule has 1 aliphatic carbocycles. The zero-order valence-corrected chi connectivity index (χ0v) is 16.4. The van der Waals surface area contributed by atoms with Crippen molar-refractivity contribution in [2.45, 2.75) is 50.0 Å². The molecule has 26 heavy (non-hydrogen) atoms. The molecule has 0 radical (unpaired) electrons. The van der Waals surface area contributed by atoms with Crippen LogP contribution < -0.4 is 0 Å². The van der Waals surface area contributed by atoms with Crippen LogP contribution in [0.5, 0.6) is 0 Å². The van der Waals surface area contributed by atoms with Gasteiger partial charge in [-0.3, -0.25) is 4.79 Å². The maximum absolute atomic E-state index is 13.2. The van der Waals surface area contributed by atoms with Crippen molar-refractivity contribution in [1.82, 2.24) is 0 Å². The molecule has 2 aromatic carbocycles. The topological polar surface area (TPSA) is 26.3 Å². The van der Waals surface area contributed by atoms with Crippen molar-refractivity contribution < 1.29 is 9.53 Å². The minimum absolute atomic E-state index is 0.145. The highest BCUT2D eigenvalue weighted by molar-refractivity contribution is 9.11. The molecule has 0 N–H and O–H groups in total. The number of hydrogen-bond donors (Lipinski definition) is 0. The van der Waals surface area contributed by atoms with E-state index in [1.807, 2.05) is 60.7 Å². The molecular formula is C23H23BrO2. The summed E-state index contributed by atoms with van der Waals surface area (Å²) in [6.45, 7) is 0. The molecule has 2 aliphatic rings. The Morgan fingerprint density at radius 1 is 0.885 bits per heavy atom. The molecule has 1 unspecified atom stereocenters. The Hall–Kier alpha value is -1.87. The van der Waals surface area contributed by atoms with Crippen molar-refractivity contribution in [2.75, 3.05) is 0 Å². The van der Waals surface area contributed by atoms with Crippen LogP contribution in [0.4, 0.5) is 0 Å². The number of carbonyl (C=O) groups excluding carboxylic acids is 1. The predicted octanol–water partition coefficient (Wildman–Crippen LogP) is 5.90. The van der Waals surface area contributed by atoms with Crippen LogP contribution in [0.1, 0.15) is 49.7 Å². The van der Waals surface area contributed by atoms with Gasteiger partial charge >= 0.3 is 5.97 Å². The van der Waals surface area contributed by atoms with E-state index in [9.17, 15) is 4.79 Å². The van der Waals surface area contributed by atoms with E-state index in [1.165, 1.54) is 24.8 Å². The molecule has 0 spiro atoms. The molecule has 1 saturated carbocycles. The zero-order valence-electron chi connectivity index (χ0n) is 14.8. The summed E-state index contributed by atoms with van der Waals surface area (Å²) in [5, 5.41) is 0. The average Bonchev–Trinajstić information content (AvgIpc) is 3.07. The number of benzene rings is 2. The van der Waals surface area contributed by atoms with Crippen LogP contribution in [0, 0.1) is 0 Å². The van der Waals surface area contributed by atoms with Gasteiger partial charge in [-0.05, 0) is 36.8 Å². The summed E-state index contributed by atoms with van der Waals surface area (Å²) >= 11 is 3.79. The number of ether oxygens (including phenoxy) is 1. The average molecular weight is 411 g/mol. The molecule has 2 nitrogen and oxygen atoms in total. The Bertz CT molecular complexity index is 763. The Kier molecular flexibility index (Phi) is 4.99. The molecule has 1 aliphatic heterocycles. The molecule has 0 bridgehead atoms. The minimum Gasteiger partial charge on any atom is -0.456 e. The number of esters is 1. The van der Waals surface area contributed by atoms with Gasteiger partial charge in [-0.1, -0.05) is 88.6 Å². The Morgan fingerprint density at radius 2 is 1.42 bits per heavy atom. The molecule has 2 fully saturated rings. The third-order valence-corrected chi connectivity index (χ3v) is 6.77. The van der Waals surface area contributed by atoms with Crippen molar-refractivity contribution in [3.8, 4) is 0 Å². The van der Waals surface area contributed by atoms with Gasteiger partial charge in [0.05, 0.1) is 0 Å². The van der Waals surface area contributed by atoms with Crippen LogP contribution in [0.2, 0.25) is 0 Å². The van der Waals surface area contributed by atoms with Crippen molar-refractivity contribution in [1.29, 1.82) is 0 Å².